The summed E-state index contributed by atoms with van der Waals surface area (Å²) in [7, 11) is 0. The zero-order chi connectivity index (χ0) is 12.4. The van der Waals surface area contributed by atoms with E-state index in [-0.39, 0.29) is 12.3 Å². The van der Waals surface area contributed by atoms with Crippen molar-refractivity contribution in [1.29, 1.82) is 0 Å². The molecule has 88 valence electrons. The smallest absolute Gasteiger partial charge is 0.303 e. The summed E-state index contributed by atoms with van der Waals surface area (Å²) in [5, 5.41) is 9.90. The molecule has 17 heavy (non-hydrogen) atoms. The van der Waals surface area contributed by atoms with Crippen molar-refractivity contribution < 1.29 is 9.90 Å². The molecule has 3 nitrogen and oxygen atoms in total. The molecule has 1 aromatic heterocycles. The maximum absolute atomic E-state index is 10.7. The quantitative estimate of drug-likeness (QED) is 0.879. The third-order valence-electron chi connectivity index (χ3n) is 3.03. The predicted octanol–water partition coefficient (Wildman–Crippen LogP) is 3.12. The van der Waals surface area contributed by atoms with Crippen LogP contribution in [0.1, 0.15) is 30.4 Å². The number of carboxylic acid groups (broad SMARTS) is 1. The molecule has 3 heteroatoms. The van der Waals surface area contributed by atoms with Crippen LogP contribution in [0.5, 0.6) is 0 Å². The van der Waals surface area contributed by atoms with Crippen LogP contribution >= 0.6 is 0 Å². The summed E-state index contributed by atoms with van der Waals surface area (Å²) >= 11 is 0. The Hall–Kier alpha value is -1.90. The van der Waals surface area contributed by atoms with Crippen LogP contribution in [0.3, 0.4) is 0 Å². The van der Waals surface area contributed by atoms with Crippen LogP contribution in [0.15, 0.2) is 30.5 Å². The van der Waals surface area contributed by atoms with E-state index in [9.17, 15) is 4.79 Å². The van der Waals surface area contributed by atoms with E-state index in [1.165, 1.54) is 5.56 Å². The van der Waals surface area contributed by atoms with Crippen molar-refractivity contribution in [2.45, 2.75) is 26.2 Å². The average molecular weight is 229 g/mol. The Bertz CT molecular complexity index is 563. The van der Waals surface area contributed by atoms with Gasteiger partial charge in [0.2, 0.25) is 0 Å². The molecule has 0 radical (unpaired) electrons. The number of rotatable bonds is 3. The number of hydrogen-bond donors (Lipinski definition) is 1. The fraction of sp³-hybridized carbons (Fsp3) is 0.286. The number of fused-ring (bicyclic) bond motifs is 1. The second kappa shape index (κ2) is 4.53. The molecular formula is C14H15NO2. The number of carboxylic acids is 1. The van der Waals surface area contributed by atoms with E-state index in [4.69, 9.17) is 5.11 Å². The number of benzene rings is 1. The largest absolute Gasteiger partial charge is 0.481 e. The monoisotopic (exact) mass is 229 g/mol. The van der Waals surface area contributed by atoms with Crippen molar-refractivity contribution in [3.8, 4) is 0 Å². The standard InChI is InChI=1S/C14H15NO2/c1-9-5-6-15-13-4-3-11(8-12(9)13)10(2)7-14(16)17/h3-6,8,10H,7H2,1-2H3,(H,16,17). The molecular weight excluding hydrogens is 214 g/mol. The summed E-state index contributed by atoms with van der Waals surface area (Å²) in [5.74, 6) is -0.739. The minimum Gasteiger partial charge on any atom is -0.481 e. The maximum atomic E-state index is 10.7. The number of hydrogen-bond acceptors (Lipinski definition) is 2. The molecule has 1 heterocycles. The van der Waals surface area contributed by atoms with Gasteiger partial charge in [0.05, 0.1) is 11.9 Å². The second-order valence-electron chi connectivity index (χ2n) is 4.40. The molecule has 1 N–H and O–H groups in total. The van der Waals surface area contributed by atoms with Gasteiger partial charge in [-0.3, -0.25) is 9.78 Å². The number of aryl methyl sites for hydroxylation is 1. The maximum Gasteiger partial charge on any atom is 0.303 e. The molecule has 0 aliphatic heterocycles. The predicted molar refractivity (Wildman–Crippen MR) is 67.1 cm³/mol. The molecule has 0 aliphatic carbocycles. The normalized spacial score (nSPS) is 12.6. The zero-order valence-corrected chi connectivity index (χ0v) is 9.97. The topological polar surface area (TPSA) is 50.2 Å². The molecule has 2 aromatic rings. The molecule has 1 aromatic carbocycles. The minimum absolute atomic E-state index is 0.0245. The lowest BCUT2D eigenvalue weighted by Crippen LogP contribution is -2.02. The molecule has 0 fully saturated rings. The van der Waals surface area contributed by atoms with Gasteiger partial charge in [-0.05, 0) is 42.2 Å². The van der Waals surface area contributed by atoms with E-state index in [0.29, 0.717) is 0 Å². The first kappa shape index (κ1) is 11.6. The fourth-order valence-corrected chi connectivity index (χ4v) is 1.99. The van der Waals surface area contributed by atoms with Crippen LogP contribution < -0.4 is 0 Å². The van der Waals surface area contributed by atoms with Crippen LogP contribution in [0.2, 0.25) is 0 Å². The van der Waals surface area contributed by atoms with Crippen molar-refractivity contribution in [2.24, 2.45) is 0 Å². The van der Waals surface area contributed by atoms with Gasteiger partial charge >= 0.3 is 5.97 Å². The fourth-order valence-electron chi connectivity index (χ4n) is 1.99. The average Bonchev–Trinajstić information content (AvgIpc) is 2.28. The first-order chi connectivity index (χ1) is 8.08. The first-order valence-electron chi connectivity index (χ1n) is 5.65. The lowest BCUT2D eigenvalue weighted by Gasteiger charge is -2.10. The number of aromatic nitrogens is 1. The SMILES string of the molecule is Cc1ccnc2ccc(C(C)CC(=O)O)cc12. The van der Waals surface area contributed by atoms with Crippen LogP contribution in [-0.4, -0.2) is 16.1 Å². The summed E-state index contributed by atoms with van der Waals surface area (Å²) in [4.78, 5) is 15.0. The van der Waals surface area contributed by atoms with E-state index in [0.717, 1.165) is 16.5 Å². The highest BCUT2D eigenvalue weighted by Crippen LogP contribution is 2.24. The van der Waals surface area contributed by atoms with Crippen LogP contribution in [0.4, 0.5) is 0 Å². The molecule has 0 saturated carbocycles. The van der Waals surface area contributed by atoms with Gasteiger partial charge in [-0.1, -0.05) is 13.0 Å². The Labute approximate surface area is 100 Å². The molecule has 0 amide bonds. The Morgan fingerprint density at radius 3 is 2.88 bits per heavy atom. The van der Waals surface area contributed by atoms with E-state index in [2.05, 4.69) is 4.98 Å². The number of carbonyl (C=O) groups is 1. The molecule has 1 unspecified atom stereocenters. The third kappa shape index (κ3) is 2.44. The highest BCUT2D eigenvalue weighted by Gasteiger charge is 2.11. The second-order valence-corrected chi connectivity index (χ2v) is 4.40. The highest BCUT2D eigenvalue weighted by atomic mass is 16.4. The highest BCUT2D eigenvalue weighted by molar-refractivity contribution is 5.82. The molecule has 1 atom stereocenters. The molecule has 0 aliphatic rings. The lowest BCUT2D eigenvalue weighted by molar-refractivity contribution is -0.137. The number of aliphatic carboxylic acids is 1. The van der Waals surface area contributed by atoms with Gasteiger partial charge in [0.1, 0.15) is 0 Å². The van der Waals surface area contributed by atoms with Crippen molar-refractivity contribution in [3.05, 3.63) is 41.6 Å². The first-order valence-corrected chi connectivity index (χ1v) is 5.65. The lowest BCUT2D eigenvalue weighted by atomic mass is 9.95. The Balaban J connectivity index is 2.43. The van der Waals surface area contributed by atoms with E-state index >= 15 is 0 Å². The summed E-state index contributed by atoms with van der Waals surface area (Å²) in [6.45, 7) is 3.97. The van der Waals surface area contributed by atoms with Gasteiger partial charge in [-0.25, -0.2) is 0 Å². The van der Waals surface area contributed by atoms with Gasteiger partial charge in [0.25, 0.3) is 0 Å². The molecule has 0 spiro atoms. The van der Waals surface area contributed by atoms with E-state index < -0.39 is 5.97 Å². The minimum atomic E-state index is -0.763. The van der Waals surface area contributed by atoms with E-state index in [1.54, 1.807) is 6.20 Å². The Morgan fingerprint density at radius 1 is 1.41 bits per heavy atom. The van der Waals surface area contributed by atoms with Gasteiger partial charge in [0, 0.05) is 11.6 Å². The zero-order valence-electron chi connectivity index (χ0n) is 9.97. The van der Waals surface area contributed by atoms with Crippen LogP contribution in [0, 0.1) is 6.92 Å². The van der Waals surface area contributed by atoms with E-state index in [1.807, 2.05) is 38.1 Å². The van der Waals surface area contributed by atoms with Crippen LogP contribution in [0.25, 0.3) is 10.9 Å². The summed E-state index contributed by atoms with van der Waals surface area (Å²) in [5.41, 5.74) is 3.17. The van der Waals surface area contributed by atoms with Crippen molar-refractivity contribution in [1.82, 2.24) is 4.98 Å². The Morgan fingerprint density at radius 2 is 2.18 bits per heavy atom. The summed E-state index contributed by atoms with van der Waals surface area (Å²) in [6.07, 6.45) is 1.95. The molecule has 0 bridgehead atoms. The van der Waals surface area contributed by atoms with Crippen molar-refractivity contribution in [3.63, 3.8) is 0 Å². The van der Waals surface area contributed by atoms with Crippen molar-refractivity contribution in [2.75, 3.05) is 0 Å². The van der Waals surface area contributed by atoms with Crippen molar-refractivity contribution >= 4 is 16.9 Å². The van der Waals surface area contributed by atoms with Gasteiger partial charge in [-0.2, -0.15) is 0 Å². The Kier molecular flexibility index (Phi) is 3.09. The van der Waals surface area contributed by atoms with Gasteiger partial charge in [0.15, 0.2) is 0 Å². The summed E-state index contributed by atoms with van der Waals surface area (Å²) < 4.78 is 0. The van der Waals surface area contributed by atoms with Crippen LogP contribution in [-0.2, 0) is 4.79 Å². The number of pyridine rings is 1. The molecule has 0 saturated heterocycles. The van der Waals surface area contributed by atoms with Gasteiger partial charge < -0.3 is 5.11 Å². The molecule has 2 rings (SSSR count). The summed E-state index contributed by atoms with van der Waals surface area (Å²) in [6, 6.07) is 7.93. The number of nitrogens with zero attached hydrogens (tertiary/aromatic N) is 1. The third-order valence-corrected chi connectivity index (χ3v) is 3.03. The van der Waals surface area contributed by atoms with Gasteiger partial charge in [-0.15, -0.1) is 0 Å².